The molecule has 0 aliphatic rings. The molecule has 2 heterocycles. The first kappa shape index (κ1) is 32.7. The zero-order chi connectivity index (χ0) is 32.2. The molecule has 0 aliphatic carbocycles. The van der Waals surface area contributed by atoms with Crippen LogP contribution in [0.3, 0.4) is 0 Å². The minimum Gasteiger partial charge on any atom is -0.492 e. The van der Waals surface area contributed by atoms with Gasteiger partial charge in [-0.2, -0.15) is 0 Å². The van der Waals surface area contributed by atoms with Crippen molar-refractivity contribution in [2.75, 3.05) is 47.8 Å². The highest BCUT2D eigenvalue weighted by molar-refractivity contribution is 7.92. The van der Waals surface area contributed by atoms with Gasteiger partial charge in [0.1, 0.15) is 5.82 Å². The van der Waals surface area contributed by atoms with Gasteiger partial charge in [0.2, 0.25) is 10.0 Å². The minimum absolute atomic E-state index is 0.0599. The van der Waals surface area contributed by atoms with E-state index in [-0.39, 0.29) is 28.8 Å². The van der Waals surface area contributed by atoms with Gasteiger partial charge in [0.05, 0.1) is 52.2 Å². The average Bonchev–Trinajstić information content (AvgIpc) is 3.38. The number of carbonyl (C=O) groups excluding carboxylic acids is 2. The van der Waals surface area contributed by atoms with Crippen LogP contribution in [0.2, 0.25) is 0 Å². The molecule has 13 heteroatoms. The van der Waals surface area contributed by atoms with Crippen LogP contribution in [0.25, 0.3) is 10.1 Å². The Hall–Kier alpha value is -4.20. The van der Waals surface area contributed by atoms with Crippen LogP contribution in [0.1, 0.15) is 53.3 Å². The van der Waals surface area contributed by atoms with Crippen molar-refractivity contribution in [3.8, 4) is 5.75 Å². The summed E-state index contributed by atoms with van der Waals surface area (Å²) in [6.45, 7) is 8.44. The van der Waals surface area contributed by atoms with Crippen LogP contribution in [0.5, 0.6) is 5.75 Å². The van der Waals surface area contributed by atoms with E-state index >= 15 is 0 Å². The lowest BCUT2D eigenvalue weighted by Crippen LogP contribution is -2.21. The molecule has 2 aromatic carbocycles. The lowest BCUT2D eigenvalue weighted by molar-refractivity contribution is 0.102. The number of amides is 2. The van der Waals surface area contributed by atoms with E-state index < -0.39 is 15.9 Å². The van der Waals surface area contributed by atoms with E-state index in [0.29, 0.717) is 34.2 Å². The maximum atomic E-state index is 13.5. The van der Waals surface area contributed by atoms with Crippen LogP contribution in [0, 0.1) is 0 Å². The van der Waals surface area contributed by atoms with Crippen LogP contribution in [-0.4, -0.2) is 58.3 Å². The van der Waals surface area contributed by atoms with Crippen molar-refractivity contribution in [2.24, 2.45) is 0 Å². The molecule has 0 bridgehead atoms. The van der Waals surface area contributed by atoms with Crippen molar-refractivity contribution in [3.05, 3.63) is 70.7 Å². The first-order valence-corrected chi connectivity index (χ1v) is 16.5. The predicted octanol–water partition coefficient (Wildman–Crippen LogP) is 5.93. The topological polar surface area (TPSA) is 148 Å². The molecule has 1 atom stereocenters. The van der Waals surface area contributed by atoms with Gasteiger partial charge in [-0.3, -0.25) is 14.3 Å². The van der Waals surface area contributed by atoms with Gasteiger partial charge in [0, 0.05) is 19.3 Å². The SMILES string of the molecule is COC[C@H](C)Nc1ccc(C(=O)Nc2cccc3cc(C(=O)Nc4cc(C(C)(C)C)cc(NS(C)(=O)=O)c4OC)sc23)cn1. The Morgan fingerprint density at radius 1 is 0.977 bits per heavy atom. The molecule has 4 rings (SSSR count). The Morgan fingerprint density at radius 3 is 2.30 bits per heavy atom. The quantitative estimate of drug-likeness (QED) is 0.158. The van der Waals surface area contributed by atoms with E-state index in [1.54, 1.807) is 49.6 Å². The number of hydrogen-bond acceptors (Lipinski definition) is 9. The van der Waals surface area contributed by atoms with Crippen LogP contribution < -0.4 is 25.4 Å². The molecule has 0 aliphatic heterocycles. The fourth-order valence-corrected chi connectivity index (χ4v) is 6.03. The molecule has 44 heavy (non-hydrogen) atoms. The van der Waals surface area contributed by atoms with E-state index in [9.17, 15) is 18.0 Å². The van der Waals surface area contributed by atoms with Gasteiger partial charge in [-0.1, -0.05) is 32.9 Å². The molecule has 0 fully saturated rings. The van der Waals surface area contributed by atoms with Crippen molar-refractivity contribution in [3.63, 3.8) is 0 Å². The summed E-state index contributed by atoms with van der Waals surface area (Å²) < 4.78 is 38.0. The molecule has 234 valence electrons. The first-order valence-electron chi connectivity index (χ1n) is 13.8. The maximum Gasteiger partial charge on any atom is 0.265 e. The second kappa shape index (κ2) is 13.2. The van der Waals surface area contributed by atoms with Crippen molar-refractivity contribution >= 4 is 66.1 Å². The number of pyridine rings is 1. The Kier molecular flexibility index (Phi) is 9.81. The molecule has 2 amide bonds. The van der Waals surface area contributed by atoms with Gasteiger partial charge in [-0.15, -0.1) is 11.3 Å². The third-order valence-corrected chi connectivity index (χ3v) is 8.33. The summed E-state index contributed by atoms with van der Waals surface area (Å²) in [6, 6.07) is 14.1. The standard InChI is InChI=1S/C31H37N5O6S2/c1-18(17-41-5)33-26-12-11-20(16-32-26)29(37)34-22-10-8-9-19-13-25(43-28(19)22)30(38)35-23-14-21(31(2,3)4)15-24(27(23)42-6)36-44(7,39)40/h8-16,18,36H,17H2,1-7H3,(H,32,33)(H,34,37)(H,35,38)/t18-/m0/s1. The smallest absolute Gasteiger partial charge is 0.265 e. The van der Waals surface area contributed by atoms with Crippen molar-refractivity contribution < 1.29 is 27.5 Å². The van der Waals surface area contributed by atoms with Crippen LogP contribution in [0.4, 0.5) is 22.9 Å². The second-order valence-electron chi connectivity index (χ2n) is 11.4. The van der Waals surface area contributed by atoms with Gasteiger partial charge in [0.15, 0.2) is 5.75 Å². The van der Waals surface area contributed by atoms with E-state index in [1.807, 2.05) is 33.8 Å². The summed E-state index contributed by atoms with van der Waals surface area (Å²) in [7, 11) is -0.583. The summed E-state index contributed by atoms with van der Waals surface area (Å²) in [4.78, 5) is 31.3. The summed E-state index contributed by atoms with van der Waals surface area (Å²) >= 11 is 1.22. The van der Waals surface area contributed by atoms with Crippen LogP contribution >= 0.6 is 11.3 Å². The number of hydrogen-bond donors (Lipinski definition) is 4. The number of aromatic nitrogens is 1. The van der Waals surface area contributed by atoms with Gasteiger partial charge < -0.3 is 25.4 Å². The number of nitrogens with one attached hydrogen (secondary N) is 4. The molecule has 4 N–H and O–H groups in total. The summed E-state index contributed by atoms with van der Waals surface area (Å²) in [5, 5.41) is 9.80. The normalized spacial score (nSPS) is 12.4. The van der Waals surface area contributed by atoms with Crippen LogP contribution in [-0.2, 0) is 20.2 Å². The highest BCUT2D eigenvalue weighted by Crippen LogP contribution is 2.40. The molecule has 4 aromatic rings. The number of thiophene rings is 1. The summed E-state index contributed by atoms with van der Waals surface area (Å²) in [5.41, 5.74) is 1.93. The number of carbonyl (C=O) groups is 2. The second-order valence-corrected chi connectivity index (χ2v) is 14.2. The lowest BCUT2D eigenvalue weighted by atomic mass is 9.86. The zero-order valence-electron chi connectivity index (χ0n) is 25.7. The Labute approximate surface area is 261 Å². The highest BCUT2D eigenvalue weighted by Gasteiger charge is 2.23. The molecule has 0 radical (unpaired) electrons. The van der Waals surface area contributed by atoms with E-state index in [1.165, 1.54) is 24.6 Å². The van der Waals surface area contributed by atoms with Crippen molar-refractivity contribution in [1.82, 2.24) is 4.98 Å². The molecule has 0 unspecified atom stereocenters. The number of fused-ring (bicyclic) bond motifs is 1. The molecule has 0 saturated carbocycles. The average molecular weight is 640 g/mol. The number of rotatable bonds is 11. The van der Waals surface area contributed by atoms with Crippen LogP contribution in [0.15, 0.2) is 54.7 Å². The number of nitrogens with zero attached hydrogens (tertiary/aromatic N) is 1. The van der Waals surface area contributed by atoms with Gasteiger partial charge in [0.25, 0.3) is 11.8 Å². The Bertz CT molecular complexity index is 1780. The minimum atomic E-state index is -3.62. The van der Waals surface area contributed by atoms with Crippen molar-refractivity contribution in [1.29, 1.82) is 0 Å². The monoisotopic (exact) mass is 639 g/mol. The highest BCUT2D eigenvalue weighted by atomic mass is 32.2. The molecule has 2 aromatic heterocycles. The number of sulfonamides is 1. The van der Waals surface area contributed by atoms with E-state index in [4.69, 9.17) is 9.47 Å². The molecule has 0 saturated heterocycles. The van der Waals surface area contributed by atoms with E-state index in [0.717, 1.165) is 21.9 Å². The lowest BCUT2D eigenvalue weighted by Gasteiger charge is -2.23. The third-order valence-electron chi connectivity index (χ3n) is 6.56. The first-order chi connectivity index (χ1) is 20.7. The fraction of sp³-hybridized carbons (Fsp3) is 0.323. The molecule has 0 spiro atoms. The molecule has 11 nitrogen and oxygen atoms in total. The maximum absolute atomic E-state index is 13.5. The predicted molar refractivity (Wildman–Crippen MR) is 177 cm³/mol. The van der Waals surface area contributed by atoms with Gasteiger partial charge in [-0.05, 0) is 59.7 Å². The molecular weight excluding hydrogens is 603 g/mol. The zero-order valence-corrected chi connectivity index (χ0v) is 27.3. The fourth-order valence-electron chi connectivity index (χ4n) is 4.46. The summed E-state index contributed by atoms with van der Waals surface area (Å²) in [6.07, 6.45) is 2.55. The Balaban J connectivity index is 1.59. The number of anilines is 4. The molecular formula is C31H37N5O6S2. The number of ether oxygens (including phenoxy) is 2. The van der Waals surface area contributed by atoms with Crippen molar-refractivity contribution in [2.45, 2.75) is 39.2 Å². The number of benzene rings is 2. The van der Waals surface area contributed by atoms with Gasteiger partial charge in [-0.25, -0.2) is 13.4 Å². The summed E-state index contributed by atoms with van der Waals surface area (Å²) in [5.74, 6) is 0.0727. The van der Waals surface area contributed by atoms with Gasteiger partial charge >= 0.3 is 0 Å². The largest absolute Gasteiger partial charge is 0.492 e. The third kappa shape index (κ3) is 8.04. The van der Waals surface area contributed by atoms with E-state index in [2.05, 4.69) is 25.7 Å². The Morgan fingerprint density at radius 2 is 1.68 bits per heavy atom. The number of methoxy groups -OCH3 is 2.